The molecule has 18 nitrogen and oxygen atoms in total. The fourth-order valence-corrected chi connectivity index (χ4v) is 5.05. The number of aldehydes is 1. The monoisotopic (exact) mass is 587 g/mol. The summed E-state index contributed by atoms with van der Waals surface area (Å²) in [6.45, 7) is -2.08. The summed E-state index contributed by atoms with van der Waals surface area (Å²) in [4.78, 5) is 45.9. The Morgan fingerprint density at radius 1 is 1.19 bits per heavy atom. The van der Waals surface area contributed by atoms with E-state index in [1.54, 1.807) is 0 Å². The maximum atomic E-state index is 11.9. The molecule has 196 valence electrons. The molecule has 8 atom stereocenters. The van der Waals surface area contributed by atoms with Crippen LogP contribution in [0.1, 0.15) is 12.6 Å². The molecule has 0 aliphatic carbocycles. The van der Waals surface area contributed by atoms with Crippen LogP contribution in [0, 0.1) is 0 Å². The van der Waals surface area contributed by atoms with Crippen molar-refractivity contribution in [2.24, 2.45) is 0 Å². The van der Waals surface area contributed by atoms with Gasteiger partial charge in [0.25, 0.3) is 15.6 Å². The molecule has 3 rings (SSSR count). The number of aromatic nitrogens is 4. The molecule has 2 aromatic heterocycles. The van der Waals surface area contributed by atoms with E-state index < -0.39 is 65.6 Å². The Morgan fingerprint density at radius 3 is 2.49 bits per heavy atom. The molecule has 37 heavy (non-hydrogen) atoms. The molecule has 3 heterocycles. The van der Waals surface area contributed by atoms with Crippen molar-refractivity contribution in [3.05, 3.63) is 12.7 Å². The molecule has 22 heteroatoms. The van der Waals surface area contributed by atoms with Gasteiger partial charge in [0.05, 0.1) is 25.6 Å². The van der Waals surface area contributed by atoms with E-state index in [0.29, 0.717) is 5.65 Å². The van der Waals surface area contributed by atoms with Crippen LogP contribution < -0.4 is 74.6 Å². The molecule has 0 bridgehead atoms. The van der Waals surface area contributed by atoms with Crippen LogP contribution in [0.2, 0.25) is 0 Å². The van der Waals surface area contributed by atoms with Crippen molar-refractivity contribution >= 4 is 38.9 Å². The smallest absolute Gasteiger partial charge is 0.756 e. The average molecular weight is 587 g/mol. The van der Waals surface area contributed by atoms with E-state index in [-0.39, 0.29) is 83.2 Å². The first-order chi connectivity index (χ1) is 16.3. The van der Waals surface area contributed by atoms with Crippen molar-refractivity contribution in [2.45, 2.75) is 43.2 Å². The van der Waals surface area contributed by atoms with Crippen LogP contribution in [-0.2, 0) is 32.0 Å². The summed E-state index contributed by atoms with van der Waals surface area (Å²) in [6, 6.07) is 0. The van der Waals surface area contributed by atoms with E-state index in [0.717, 1.165) is 0 Å². The minimum Gasteiger partial charge on any atom is -0.756 e. The zero-order chi connectivity index (χ0) is 26.0. The number of ether oxygens (including phenoxy) is 1. The van der Waals surface area contributed by atoms with E-state index in [1.165, 1.54) is 17.2 Å². The summed E-state index contributed by atoms with van der Waals surface area (Å²) in [5.74, 6) is 0.114. The molecule has 0 amide bonds. The topological polar surface area (TPSA) is 285 Å². The molecule has 1 aliphatic heterocycles. The Balaban J connectivity index is 0.00000342. The quantitative estimate of drug-likeness (QED) is 0.0875. The fraction of sp³-hybridized carbons (Fsp3) is 0.600. The van der Waals surface area contributed by atoms with Gasteiger partial charge in [0.2, 0.25) is 0 Å². The first-order valence-electron chi connectivity index (χ1n) is 9.72. The van der Waals surface area contributed by atoms with Gasteiger partial charge >= 0.3 is 59.1 Å². The van der Waals surface area contributed by atoms with Crippen LogP contribution >= 0.6 is 15.6 Å². The predicted octanol–water partition coefficient (Wildman–Crippen LogP) is -9.67. The Bertz CT molecular complexity index is 1150. The van der Waals surface area contributed by atoms with Gasteiger partial charge in [-0.15, -0.1) is 0 Å². The number of carbonyl (C=O) groups excluding carboxylic acids is 1. The third-order valence-electron chi connectivity index (χ3n) is 4.79. The van der Waals surface area contributed by atoms with Gasteiger partial charge in [-0.1, -0.05) is 0 Å². The number of phosphoric ester groups is 2. The van der Waals surface area contributed by atoms with E-state index in [9.17, 15) is 39.0 Å². The van der Waals surface area contributed by atoms with Crippen LogP contribution in [0.5, 0.6) is 0 Å². The van der Waals surface area contributed by atoms with Crippen molar-refractivity contribution in [3.8, 4) is 0 Å². The molecule has 1 aliphatic rings. The number of hydrogen-bond acceptors (Lipinski definition) is 17. The average Bonchev–Trinajstić information content (AvgIpc) is 3.38. The third kappa shape index (κ3) is 9.31. The second kappa shape index (κ2) is 14.6. The summed E-state index contributed by atoms with van der Waals surface area (Å²) >= 11 is 0. The number of nitrogens with two attached hydrogens (primary N) is 1. The van der Waals surface area contributed by atoms with Gasteiger partial charge < -0.3 is 54.5 Å². The van der Waals surface area contributed by atoms with Gasteiger partial charge in [-0.2, -0.15) is 0 Å². The molecule has 0 aromatic carbocycles. The Hall–Kier alpha value is 0.0800. The first-order valence-corrected chi connectivity index (χ1v) is 12.6. The van der Waals surface area contributed by atoms with Gasteiger partial charge in [-0.3, -0.25) is 13.7 Å². The number of anilines is 1. The molecule has 2 unspecified atom stereocenters. The zero-order valence-corrected chi connectivity index (χ0v) is 25.3. The zero-order valence-electron chi connectivity index (χ0n) is 19.5. The first kappa shape index (κ1) is 35.1. The predicted molar refractivity (Wildman–Crippen MR) is 107 cm³/mol. The SMILES string of the molecule is Nc1ncnc2c1ncn2[C@H]1C[C@H](O)[C@@H](COP(=O)([O-])OP(=O)([O-])OC[C@@H](O)[C@@H](O)[C@@H](O)C=O)O1.[Na+].[Na+]. The van der Waals surface area contributed by atoms with Crippen molar-refractivity contribution in [3.63, 3.8) is 0 Å². The number of carbonyl (C=O) groups is 1. The van der Waals surface area contributed by atoms with Gasteiger partial charge in [0.1, 0.15) is 42.5 Å². The van der Waals surface area contributed by atoms with Crippen LogP contribution in [0.25, 0.3) is 11.2 Å². The summed E-state index contributed by atoms with van der Waals surface area (Å²) in [5.41, 5.74) is 6.30. The maximum absolute atomic E-state index is 11.9. The molecule has 0 saturated carbocycles. The number of imidazole rings is 1. The van der Waals surface area contributed by atoms with E-state index >= 15 is 0 Å². The summed E-state index contributed by atoms with van der Waals surface area (Å²) in [6.07, 6.45) is -7.13. The molecular weight excluding hydrogens is 566 g/mol. The normalized spacial score (nSPS) is 25.2. The summed E-state index contributed by atoms with van der Waals surface area (Å²) < 4.78 is 43.1. The molecule has 1 saturated heterocycles. The summed E-state index contributed by atoms with van der Waals surface area (Å²) in [5, 5.41) is 38.1. The van der Waals surface area contributed by atoms with Gasteiger partial charge in [0, 0.05) is 6.42 Å². The van der Waals surface area contributed by atoms with Gasteiger partial charge in [-0.25, -0.2) is 19.3 Å². The Morgan fingerprint density at radius 2 is 1.84 bits per heavy atom. The van der Waals surface area contributed by atoms with Crippen molar-refractivity contribution in [2.75, 3.05) is 18.9 Å². The van der Waals surface area contributed by atoms with Crippen LogP contribution in [0.3, 0.4) is 0 Å². The standard InChI is InChI=1S/C15H23N5O13P2.2Na/c16-14-12-15(18-5-17-14)20(6-19-12)11-1-7(22)10(32-11)4-31-35(28,29)33-34(26,27)30-3-9(24)13(25)8(23)2-21;;/h2,5-11,13,22-25H,1,3-4H2,(H,26,27)(H,28,29)(H2,16,17,18);;/q;2*+1/p-2/t7-,8-,9+,10+,11+,13-;;/m0../s1. The second-order valence-electron chi connectivity index (χ2n) is 7.27. The number of fused-ring (bicyclic) bond motifs is 1. The van der Waals surface area contributed by atoms with Crippen LogP contribution in [-0.4, -0.2) is 90.0 Å². The third-order valence-corrected chi connectivity index (χ3v) is 7.32. The molecule has 0 spiro atoms. The molecule has 0 radical (unpaired) electrons. The minimum atomic E-state index is -5.64. The number of aliphatic hydroxyl groups is 4. The number of phosphoric acid groups is 2. The number of nitrogen functional groups attached to an aromatic ring is 1. The molecular formula is C15H21N5Na2O13P2. The second-order valence-corrected chi connectivity index (χ2v) is 10.2. The molecule has 6 N–H and O–H groups in total. The Labute approximate surface area is 252 Å². The van der Waals surface area contributed by atoms with E-state index in [4.69, 9.17) is 15.6 Å². The van der Waals surface area contributed by atoms with E-state index in [2.05, 4.69) is 28.3 Å². The summed E-state index contributed by atoms with van der Waals surface area (Å²) in [7, 11) is -11.2. The van der Waals surface area contributed by atoms with E-state index in [1.807, 2.05) is 0 Å². The minimum absolute atomic E-state index is 0. The number of nitrogens with zero attached hydrogens (tertiary/aromatic N) is 4. The fourth-order valence-electron chi connectivity index (χ4n) is 3.03. The number of hydrogen-bond donors (Lipinski definition) is 5. The Kier molecular flexibility index (Phi) is 13.9. The largest absolute Gasteiger partial charge is 1.00 e. The maximum Gasteiger partial charge on any atom is 1.00 e. The van der Waals surface area contributed by atoms with Crippen LogP contribution in [0.4, 0.5) is 5.82 Å². The van der Waals surface area contributed by atoms with Crippen molar-refractivity contribution in [1.29, 1.82) is 0 Å². The number of rotatable bonds is 12. The van der Waals surface area contributed by atoms with Crippen molar-refractivity contribution < 1.29 is 121 Å². The molecule has 1 fully saturated rings. The molecule has 2 aromatic rings. The van der Waals surface area contributed by atoms with Gasteiger partial charge in [-0.05, 0) is 0 Å². The van der Waals surface area contributed by atoms with Gasteiger partial charge in [0.15, 0.2) is 17.8 Å². The number of aliphatic hydroxyl groups excluding tert-OH is 4. The van der Waals surface area contributed by atoms with Crippen molar-refractivity contribution in [1.82, 2.24) is 19.5 Å². The van der Waals surface area contributed by atoms with Crippen LogP contribution in [0.15, 0.2) is 12.7 Å².